The molecule has 1 aromatic heterocycles. The van der Waals surface area contributed by atoms with Gasteiger partial charge in [0.15, 0.2) is 0 Å². The van der Waals surface area contributed by atoms with Crippen LogP contribution in [0.1, 0.15) is 34.5 Å². The number of aliphatic carboxylic acids is 1. The summed E-state index contributed by atoms with van der Waals surface area (Å²) >= 11 is 0. The van der Waals surface area contributed by atoms with Gasteiger partial charge in [-0.3, -0.25) is 14.9 Å². The van der Waals surface area contributed by atoms with Crippen LogP contribution >= 0.6 is 0 Å². The summed E-state index contributed by atoms with van der Waals surface area (Å²) in [6, 6.07) is 17.5. The third-order valence-electron chi connectivity index (χ3n) is 6.32. The number of rotatable bonds is 5. The van der Waals surface area contributed by atoms with E-state index in [9.17, 15) is 19.5 Å². The molecule has 2 aromatic carbocycles. The summed E-state index contributed by atoms with van der Waals surface area (Å²) in [7, 11) is 0. The van der Waals surface area contributed by atoms with Gasteiger partial charge in [-0.05, 0) is 29.2 Å². The zero-order chi connectivity index (χ0) is 23.2. The molecular weight excluding hydrogens is 424 g/mol. The van der Waals surface area contributed by atoms with Crippen LogP contribution in [0.25, 0.3) is 11.1 Å². The molecule has 1 aliphatic heterocycles. The fourth-order valence-corrected chi connectivity index (χ4v) is 4.54. The summed E-state index contributed by atoms with van der Waals surface area (Å²) in [5.74, 6) is -1.57. The minimum absolute atomic E-state index is 0.0593. The van der Waals surface area contributed by atoms with E-state index in [1.807, 2.05) is 36.4 Å². The smallest absolute Gasteiger partial charge is 0.411 e. The summed E-state index contributed by atoms with van der Waals surface area (Å²) in [4.78, 5) is 37.9. The molecule has 0 radical (unpaired) electrons. The lowest BCUT2D eigenvalue weighted by atomic mass is 9.82. The first-order chi connectivity index (χ1) is 15.9. The van der Waals surface area contributed by atoms with Crippen molar-refractivity contribution in [3.8, 4) is 11.1 Å². The van der Waals surface area contributed by atoms with Gasteiger partial charge in [-0.15, -0.1) is 0 Å². The molecule has 2 aliphatic rings. The monoisotopic (exact) mass is 446 g/mol. The third kappa shape index (κ3) is 3.53. The second-order valence-corrected chi connectivity index (χ2v) is 8.64. The Kier molecular flexibility index (Phi) is 4.92. The van der Waals surface area contributed by atoms with Gasteiger partial charge in [-0.2, -0.15) is 0 Å². The van der Waals surface area contributed by atoms with E-state index < -0.39 is 23.4 Å². The molecular formula is C25H22N2O6. The number of nitrogens with one attached hydrogen (secondary N) is 1. The van der Waals surface area contributed by atoms with Crippen molar-refractivity contribution in [1.82, 2.24) is 4.90 Å². The number of anilines is 1. The molecule has 0 unspecified atom stereocenters. The van der Waals surface area contributed by atoms with Crippen molar-refractivity contribution in [3.05, 3.63) is 77.7 Å². The van der Waals surface area contributed by atoms with Gasteiger partial charge < -0.3 is 19.2 Å². The molecule has 2 amide bonds. The van der Waals surface area contributed by atoms with Crippen molar-refractivity contribution < 1.29 is 28.6 Å². The van der Waals surface area contributed by atoms with Gasteiger partial charge in [-0.25, -0.2) is 4.79 Å². The third-order valence-corrected chi connectivity index (χ3v) is 6.32. The molecule has 1 fully saturated rings. The average molecular weight is 446 g/mol. The highest BCUT2D eigenvalue weighted by molar-refractivity contribution is 6.01. The lowest BCUT2D eigenvalue weighted by molar-refractivity contribution is -0.156. The van der Waals surface area contributed by atoms with Crippen molar-refractivity contribution in [2.45, 2.75) is 12.8 Å². The number of carboxylic acid groups (broad SMARTS) is 1. The Morgan fingerprint density at radius 2 is 1.67 bits per heavy atom. The first kappa shape index (κ1) is 20.8. The summed E-state index contributed by atoms with van der Waals surface area (Å²) in [6.07, 6.45) is 0.592. The Bertz CT molecular complexity index is 1210. The molecule has 1 aliphatic carbocycles. The van der Waals surface area contributed by atoms with Crippen molar-refractivity contribution in [2.24, 2.45) is 5.41 Å². The van der Waals surface area contributed by atoms with Crippen LogP contribution in [0.15, 0.2) is 65.3 Å². The van der Waals surface area contributed by atoms with E-state index in [1.165, 1.54) is 17.2 Å². The Labute approximate surface area is 189 Å². The molecule has 168 valence electrons. The van der Waals surface area contributed by atoms with Gasteiger partial charge >= 0.3 is 12.1 Å². The number of likely N-dealkylation sites (tertiary alicyclic amines) is 1. The minimum Gasteiger partial charge on any atom is -0.481 e. The Morgan fingerprint density at radius 1 is 1.06 bits per heavy atom. The van der Waals surface area contributed by atoms with Crippen molar-refractivity contribution >= 4 is 23.7 Å². The molecule has 3 aromatic rings. The van der Waals surface area contributed by atoms with Crippen LogP contribution in [0.2, 0.25) is 0 Å². The van der Waals surface area contributed by atoms with Crippen molar-refractivity contribution in [1.29, 1.82) is 0 Å². The normalized spacial score (nSPS) is 15.8. The van der Waals surface area contributed by atoms with Crippen LogP contribution in [0.3, 0.4) is 0 Å². The predicted octanol–water partition coefficient (Wildman–Crippen LogP) is 4.19. The standard InChI is InChI=1S/C25H22N2O6/c1-25(23(29)30)13-27(14-25)22(28)21-20(10-11-32-21)26-24(31)33-12-19-17-8-4-2-6-15(17)16-7-3-5-9-18(16)19/h2-11,19H,12-14H2,1H3,(H,26,31)(H,29,30). The number of ether oxygens (including phenoxy) is 1. The number of hydrogen-bond donors (Lipinski definition) is 2. The number of nitrogens with zero attached hydrogens (tertiary/aromatic N) is 1. The lowest BCUT2D eigenvalue weighted by Crippen LogP contribution is -2.60. The van der Waals surface area contributed by atoms with E-state index in [-0.39, 0.29) is 37.1 Å². The summed E-state index contributed by atoms with van der Waals surface area (Å²) in [5.41, 5.74) is 3.68. The highest BCUT2D eigenvalue weighted by Gasteiger charge is 2.48. The number of fused-ring (bicyclic) bond motifs is 3. The van der Waals surface area contributed by atoms with Gasteiger partial charge in [0.25, 0.3) is 5.91 Å². The van der Waals surface area contributed by atoms with E-state index in [4.69, 9.17) is 9.15 Å². The van der Waals surface area contributed by atoms with Gasteiger partial charge in [0.05, 0.1) is 12.0 Å². The Hall–Kier alpha value is -4.07. The molecule has 1 saturated heterocycles. The van der Waals surface area contributed by atoms with E-state index in [0.29, 0.717) is 0 Å². The van der Waals surface area contributed by atoms with Crippen LogP contribution in [-0.4, -0.2) is 47.7 Å². The van der Waals surface area contributed by atoms with Crippen LogP contribution in [0.4, 0.5) is 10.5 Å². The highest BCUT2D eigenvalue weighted by atomic mass is 16.5. The van der Waals surface area contributed by atoms with Crippen LogP contribution in [0, 0.1) is 5.41 Å². The molecule has 0 spiro atoms. The quantitative estimate of drug-likeness (QED) is 0.608. The van der Waals surface area contributed by atoms with Crippen LogP contribution in [0.5, 0.6) is 0 Å². The zero-order valence-electron chi connectivity index (χ0n) is 17.9. The molecule has 0 bridgehead atoms. The maximum atomic E-state index is 12.7. The lowest BCUT2D eigenvalue weighted by Gasteiger charge is -2.44. The van der Waals surface area contributed by atoms with Gasteiger partial charge in [-0.1, -0.05) is 48.5 Å². The van der Waals surface area contributed by atoms with E-state index in [2.05, 4.69) is 17.4 Å². The second-order valence-electron chi connectivity index (χ2n) is 8.64. The van der Waals surface area contributed by atoms with Crippen molar-refractivity contribution in [2.75, 3.05) is 25.0 Å². The fourth-order valence-electron chi connectivity index (χ4n) is 4.54. The summed E-state index contributed by atoms with van der Waals surface area (Å²) in [5, 5.41) is 11.8. The molecule has 2 heterocycles. The average Bonchev–Trinajstić information content (AvgIpc) is 3.37. The maximum absolute atomic E-state index is 12.7. The number of carbonyl (C=O) groups excluding carboxylic acids is 2. The molecule has 33 heavy (non-hydrogen) atoms. The van der Waals surface area contributed by atoms with Gasteiger partial charge in [0, 0.05) is 25.1 Å². The maximum Gasteiger partial charge on any atom is 0.411 e. The molecule has 5 rings (SSSR count). The number of amides is 2. The predicted molar refractivity (Wildman–Crippen MR) is 119 cm³/mol. The fraction of sp³-hybridized carbons (Fsp3) is 0.240. The van der Waals surface area contributed by atoms with Crippen LogP contribution < -0.4 is 5.32 Å². The summed E-state index contributed by atoms with van der Waals surface area (Å²) in [6.45, 7) is 1.87. The molecule has 8 nitrogen and oxygen atoms in total. The van der Waals surface area contributed by atoms with E-state index in [0.717, 1.165) is 22.3 Å². The van der Waals surface area contributed by atoms with Crippen LogP contribution in [-0.2, 0) is 9.53 Å². The number of carboxylic acids is 1. The number of carbonyl (C=O) groups is 3. The summed E-state index contributed by atoms with van der Waals surface area (Å²) < 4.78 is 10.8. The SMILES string of the molecule is CC1(C(=O)O)CN(C(=O)c2occc2NC(=O)OCC2c3ccccc3-c3ccccc32)C1. The highest BCUT2D eigenvalue weighted by Crippen LogP contribution is 2.44. The van der Waals surface area contributed by atoms with Crippen molar-refractivity contribution in [3.63, 3.8) is 0 Å². The number of furan rings is 1. The van der Waals surface area contributed by atoms with Gasteiger partial charge in [0.1, 0.15) is 12.0 Å². The Balaban J connectivity index is 1.24. The van der Waals surface area contributed by atoms with E-state index in [1.54, 1.807) is 6.92 Å². The van der Waals surface area contributed by atoms with Gasteiger partial charge in [0.2, 0.25) is 5.76 Å². The Morgan fingerprint density at radius 3 is 2.27 bits per heavy atom. The first-order valence-electron chi connectivity index (χ1n) is 10.6. The van der Waals surface area contributed by atoms with E-state index >= 15 is 0 Å². The minimum atomic E-state index is -0.970. The number of benzene rings is 2. The molecule has 0 atom stereocenters. The molecule has 8 heteroatoms. The molecule has 0 saturated carbocycles. The zero-order valence-corrected chi connectivity index (χ0v) is 17.9. The molecule has 2 N–H and O–H groups in total. The largest absolute Gasteiger partial charge is 0.481 e. The first-order valence-corrected chi connectivity index (χ1v) is 10.6. The second kappa shape index (κ2) is 7.81. The topological polar surface area (TPSA) is 109 Å². The number of hydrogen-bond acceptors (Lipinski definition) is 5.